The second kappa shape index (κ2) is 9.32. The molecule has 3 rings (SSSR count). The van der Waals surface area contributed by atoms with E-state index in [1.165, 1.54) is 0 Å². The van der Waals surface area contributed by atoms with Gasteiger partial charge in [-0.05, 0) is 39.3 Å². The van der Waals surface area contributed by atoms with Gasteiger partial charge in [0.15, 0.2) is 0 Å². The van der Waals surface area contributed by atoms with Crippen molar-refractivity contribution in [1.82, 2.24) is 24.9 Å². The molecule has 0 spiro atoms. The van der Waals surface area contributed by atoms with Crippen molar-refractivity contribution >= 4 is 17.4 Å². The highest BCUT2D eigenvalue weighted by atomic mass is 19.4. The smallest absolute Gasteiger partial charge is 0.372 e. The molecule has 0 fully saturated rings. The lowest BCUT2D eigenvalue weighted by Gasteiger charge is -2.23. The van der Waals surface area contributed by atoms with Crippen molar-refractivity contribution in [3.05, 3.63) is 53.1 Å². The molecule has 0 aliphatic carbocycles. The maximum atomic E-state index is 12.9. The van der Waals surface area contributed by atoms with Gasteiger partial charge in [0, 0.05) is 42.3 Å². The third-order valence-electron chi connectivity index (χ3n) is 5.07. The number of aryl methyl sites for hydroxylation is 2. The molecule has 0 aliphatic heterocycles. The predicted octanol–water partition coefficient (Wildman–Crippen LogP) is 3.34. The molecular formula is C21H25F3N6O. The fraction of sp³-hybridized carbons (Fsp3) is 0.429. The number of fused-ring (bicyclic) bond motifs is 1. The van der Waals surface area contributed by atoms with Crippen LogP contribution >= 0.6 is 0 Å². The van der Waals surface area contributed by atoms with Crippen LogP contribution in [0.3, 0.4) is 0 Å². The highest BCUT2D eigenvalue weighted by molar-refractivity contribution is 5.79. The molecule has 1 amide bonds. The van der Waals surface area contributed by atoms with Crippen LogP contribution in [-0.2, 0) is 17.4 Å². The summed E-state index contributed by atoms with van der Waals surface area (Å²) in [7, 11) is 0. The summed E-state index contributed by atoms with van der Waals surface area (Å²) in [6, 6.07) is 10.0. The van der Waals surface area contributed by atoms with E-state index in [1.54, 1.807) is 13.8 Å². The Kier molecular flexibility index (Phi) is 6.77. The number of anilines is 1. The van der Waals surface area contributed by atoms with Crippen molar-refractivity contribution < 1.29 is 18.0 Å². The zero-order chi connectivity index (χ0) is 22.6. The molecule has 0 unspecified atom stereocenters. The van der Waals surface area contributed by atoms with Gasteiger partial charge in [0.1, 0.15) is 0 Å². The average Bonchev–Trinajstić information content (AvgIpc) is 3.16. The van der Waals surface area contributed by atoms with E-state index in [4.69, 9.17) is 0 Å². The van der Waals surface area contributed by atoms with Crippen LogP contribution in [0.15, 0.2) is 30.3 Å². The van der Waals surface area contributed by atoms with E-state index in [2.05, 4.69) is 32.2 Å². The van der Waals surface area contributed by atoms with Crippen molar-refractivity contribution in [2.24, 2.45) is 0 Å². The van der Waals surface area contributed by atoms with Gasteiger partial charge in [-0.3, -0.25) is 4.79 Å². The Bertz CT molecular complexity index is 1050. The van der Waals surface area contributed by atoms with Gasteiger partial charge in [0.25, 0.3) is 11.6 Å². The minimum absolute atomic E-state index is 0.0119. The summed E-state index contributed by atoms with van der Waals surface area (Å²) in [4.78, 5) is 22.2. The van der Waals surface area contributed by atoms with Crippen molar-refractivity contribution in [2.75, 3.05) is 24.5 Å². The van der Waals surface area contributed by atoms with E-state index in [9.17, 15) is 18.0 Å². The number of aromatic nitrogens is 4. The highest BCUT2D eigenvalue weighted by Gasteiger charge is 2.37. The average molecular weight is 434 g/mol. The van der Waals surface area contributed by atoms with Crippen molar-refractivity contribution in [3.8, 4) is 0 Å². The number of rotatable bonds is 8. The van der Waals surface area contributed by atoms with Crippen molar-refractivity contribution in [1.29, 1.82) is 0 Å². The minimum atomic E-state index is -4.66. The maximum Gasteiger partial charge on any atom is 0.453 e. The first kappa shape index (κ1) is 22.5. The normalized spacial score (nSPS) is 11.7. The number of halogens is 3. The quantitative estimate of drug-likeness (QED) is 0.551. The number of hydrogen-bond donors (Lipinski definition) is 1. The molecule has 2 heterocycles. The molecule has 0 bridgehead atoms. The van der Waals surface area contributed by atoms with Crippen LogP contribution in [0, 0.1) is 13.8 Å². The molecule has 0 aliphatic rings. The Balaban J connectivity index is 1.60. The number of nitrogens with zero attached hydrogens (tertiary/aromatic N) is 5. The van der Waals surface area contributed by atoms with Crippen LogP contribution in [0.5, 0.6) is 0 Å². The number of para-hydroxylation sites is 1. The fourth-order valence-electron chi connectivity index (χ4n) is 3.41. The lowest BCUT2D eigenvalue weighted by molar-refractivity contribution is -0.144. The SMILES string of the molecule is CCN(CCCNC(=O)Cc1c(C)nc2nc(C(F)(F)F)nn2c1C)c1ccccc1. The summed E-state index contributed by atoms with van der Waals surface area (Å²) >= 11 is 0. The van der Waals surface area contributed by atoms with E-state index in [0.717, 1.165) is 29.7 Å². The van der Waals surface area contributed by atoms with Crippen LogP contribution in [-0.4, -0.2) is 45.1 Å². The summed E-state index contributed by atoms with van der Waals surface area (Å²) in [5, 5.41) is 6.38. The molecule has 0 atom stereocenters. The summed E-state index contributed by atoms with van der Waals surface area (Å²) < 4.78 is 39.7. The van der Waals surface area contributed by atoms with Gasteiger partial charge in [-0.15, -0.1) is 5.10 Å². The highest BCUT2D eigenvalue weighted by Crippen LogP contribution is 2.27. The van der Waals surface area contributed by atoms with E-state index in [-0.39, 0.29) is 18.1 Å². The first-order chi connectivity index (χ1) is 14.7. The number of benzene rings is 1. The molecule has 3 aromatic rings. The largest absolute Gasteiger partial charge is 0.453 e. The van der Waals surface area contributed by atoms with Crippen molar-refractivity contribution in [3.63, 3.8) is 0 Å². The number of carbonyl (C=O) groups excluding carboxylic acids is 1. The van der Waals surface area contributed by atoms with Crippen LogP contribution in [0.2, 0.25) is 0 Å². The summed E-state index contributed by atoms with van der Waals surface area (Å²) in [5.41, 5.74) is 2.56. The fourth-order valence-corrected chi connectivity index (χ4v) is 3.41. The molecular weight excluding hydrogens is 409 g/mol. The maximum absolute atomic E-state index is 12.9. The minimum Gasteiger partial charge on any atom is -0.372 e. The Hall–Kier alpha value is -3.17. The Morgan fingerprint density at radius 1 is 1.16 bits per heavy atom. The molecule has 31 heavy (non-hydrogen) atoms. The Morgan fingerprint density at radius 2 is 1.87 bits per heavy atom. The molecule has 10 heteroatoms. The molecule has 0 saturated carbocycles. The lowest BCUT2D eigenvalue weighted by atomic mass is 10.1. The van der Waals surface area contributed by atoms with Crippen LogP contribution in [0.4, 0.5) is 18.9 Å². The van der Waals surface area contributed by atoms with Gasteiger partial charge < -0.3 is 10.2 Å². The number of alkyl halides is 3. The lowest BCUT2D eigenvalue weighted by Crippen LogP contribution is -2.31. The second-order valence-corrected chi connectivity index (χ2v) is 7.20. The van der Waals surface area contributed by atoms with Gasteiger partial charge in [-0.25, -0.2) is 9.50 Å². The summed E-state index contributed by atoms with van der Waals surface area (Å²) in [5.74, 6) is -1.60. The third-order valence-corrected chi connectivity index (χ3v) is 5.07. The number of amides is 1. The van der Waals surface area contributed by atoms with Gasteiger partial charge in [0.2, 0.25) is 5.91 Å². The molecule has 1 N–H and O–H groups in total. The third kappa shape index (κ3) is 5.31. The molecule has 7 nitrogen and oxygen atoms in total. The standard InChI is InChI=1S/C21H25F3N6O/c1-4-29(16-9-6-5-7-10-16)12-8-11-25-18(31)13-17-14(2)26-20-27-19(21(22,23)24)28-30(20)15(17)3/h5-7,9-10H,4,8,11-13H2,1-3H3,(H,25,31). The Morgan fingerprint density at radius 3 is 2.52 bits per heavy atom. The predicted molar refractivity (Wildman–Crippen MR) is 111 cm³/mol. The molecule has 1 aromatic carbocycles. The number of carbonyl (C=O) groups is 1. The van der Waals surface area contributed by atoms with Gasteiger partial charge in [0.05, 0.1) is 6.42 Å². The Labute approximate surface area is 178 Å². The van der Waals surface area contributed by atoms with E-state index < -0.39 is 12.0 Å². The summed E-state index contributed by atoms with van der Waals surface area (Å²) in [6.07, 6.45) is -3.88. The molecule has 0 saturated heterocycles. The van der Waals surface area contributed by atoms with Gasteiger partial charge in [-0.1, -0.05) is 18.2 Å². The van der Waals surface area contributed by atoms with Crippen LogP contribution in [0.25, 0.3) is 5.78 Å². The number of nitrogens with one attached hydrogen (secondary N) is 1. The zero-order valence-electron chi connectivity index (χ0n) is 17.7. The van der Waals surface area contributed by atoms with E-state index >= 15 is 0 Å². The molecule has 2 aromatic heterocycles. The van der Waals surface area contributed by atoms with Gasteiger partial charge in [-0.2, -0.15) is 18.2 Å². The zero-order valence-corrected chi connectivity index (χ0v) is 17.7. The number of hydrogen-bond acceptors (Lipinski definition) is 5. The molecule has 0 radical (unpaired) electrons. The first-order valence-electron chi connectivity index (χ1n) is 10.1. The monoisotopic (exact) mass is 434 g/mol. The van der Waals surface area contributed by atoms with Crippen LogP contribution < -0.4 is 10.2 Å². The topological polar surface area (TPSA) is 75.4 Å². The van der Waals surface area contributed by atoms with E-state index in [1.807, 2.05) is 30.3 Å². The van der Waals surface area contributed by atoms with Crippen molar-refractivity contribution in [2.45, 2.75) is 39.8 Å². The first-order valence-corrected chi connectivity index (χ1v) is 10.1. The molecule has 166 valence electrons. The summed E-state index contributed by atoms with van der Waals surface area (Å²) in [6.45, 7) is 7.49. The second-order valence-electron chi connectivity index (χ2n) is 7.20. The van der Waals surface area contributed by atoms with Gasteiger partial charge >= 0.3 is 6.18 Å². The van der Waals surface area contributed by atoms with E-state index in [0.29, 0.717) is 23.5 Å². The van der Waals surface area contributed by atoms with Crippen LogP contribution in [0.1, 0.15) is 36.1 Å².